The highest BCUT2D eigenvalue weighted by Crippen LogP contribution is 2.16. The van der Waals surface area contributed by atoms with Gasteiger partial charge in [0.1, 0.15) is 5.65 Å². The third-order valence-corrected chi connectivity index (χ3v) is 3.76. The van der Waals surface area contributed by atoms with Crippen molar-refractivity contribution in [1.82, 2.24) is 9.38 Å². The molecule has 22 heavy (non-hydrogen) atoms. The number of hydrogen-bond donors (Lipinski definition) is 1. The second-order valence-electron chi connectivity index (χ2n) is 5.13. The van der Waals surface area contributed by atoms with E-state index in [9.17, 15) is 4.79 Å². The molecule has 0 saturated carbocycles. The SMILES string of the molecule is Cc1nc2ccccn2c1CCC(=O)Nc1cccc(Cl)c1. The Kier molecular flexibility index (Phi) is 4.11. The molecular weight excluding hydrogens is 298 g/mol. The Morgan fingerprint density at radius 1 is 1.27 bits per heavy atom. The molecule has 0 aliphatic carbocycles. The molecule has 0 spiro atoms. The van der Waals surface area contributed by atoms with Crippen LogP contribution in [0.4, 0.5) is 5.69 Å². The van der Waals surface area contributed by atoms with Gasteiger partial charge in [0, 0.05) is 29.0 Å². The number of imidazole rings is 1. The molecular formula is C17H16ClN3O. The lowest BCUT2D eigenvalue weighted by Gasteiger charge is -2.06. The quantitative estimate of drug-likeness (QED) is 0.795. The standard InChI is InChI=1S/C17H16ClN3O/c1-12-15(21-10-3-2-7-16(21)19-12)8-9-17(22)20-14-6-4-5-13(18)11-14/h2-7,10-11H,8-9H2,1H3,(H,20,22). The van der Waals surface area contributed by atoms with E-state index in [4.69, 9.17) is 11.6 Å². The van der Waals surface area contributed by atoms with Gasteiger partial charge in [0.05, 0.1) is 5.69 Å². The van der Waals surface area contributed by atoms with Crippen LogP contribution in [0.1, 0.15) is 17.8 Å². The number of nitrogens with one attached hydrogen (secondary N) is 1. The van der Waals surface area contributed by atoms with Crippen molar-refractivity contribution < 1.29 is 4.79 Å². The van der Waals surface area contributed by atoms with E-state index in [1.54, 1.807) is 12.1 Å². The fourth-order valence-electron chi connectivity index (χ4n) is 2.49. The summed E-state index contributed by atoms with van der Waals surface area (Å²) in [4.78, 5) is 16.6. The Morgan fingerprint density at radius 3 is 2.95 bits per heavy atom. The highest BCUT2D eigenvalue weighted by Gasteiger charge is 2.10. The number of amides is 1. The van der Waals surface area contributed by atoms with Gasteiger partial charge in [-0.2, -0.15) is 0 Å². The van der Waals surface area contributed by atoms with Gasteiger partial charge in [-0.05, 0) is 43.7 Å². The van der Waals surface area contributed by atoms with Gasteiger partial charge < -0.3 is 9.72 Å². The van der Waals surface area contributed by atoms with E-state index in [0.29, 0.717) is 23.6 Å². The first-order valence-electron chi connectivity index (χ1n) is 7.11. The van der Waals surface area contributed by atoms with Crippen LogP contribution in [-0.2, 0) is 11.2 Å². The van der Waals surface area contributed by atoms with E-state index < -0.39 is 0 Å². The van der Waals surface area contributed by atoms with Crippen molar-refractivity contribution >= 4 is 28.8 Å². The number of fused-ring (bicyclic) bond motifs is 1. The molecule has 0 fully saturated rings. The maximum atomic E-state index is 12.1. The Morgan fingerprint density at radius 2 is 2.14 bits per heavy atom. The predicted octanol–water partition coefficient (Wildman–Crippen LogP) is 3.87. The first kappa shape index (κ1) is 14.6. The summed E-state index contributed by atoms with van der Waals surface area (Å²) in [6.45, 7) is 1.97. The first-order valence-corrected chi connectivity index (χ1v) is 7.49. The fraction of sp³-hybridized carbons (Fsp3) is 0.176. The highest BCUT2D eigenvalue weighted by atomic mass is 35.5. The Hall–Kier alpha value is -2.33. The maximum Gasteiger partial charge on any atom is 0.224 e. The van der Waals surface area contributed by atoms with Crippen LogP contribution in [0.3, 0.4) is 0 Å². The zero-order valence-corrected chi connectivity index (χ0v) is 13.0. The van der Waals surface area contributed by atoms with Gasteiger partial charge in [0.15, 0.2) is 0 Å². The maximum absolute atomic E-state index is 12.1. The average Bonchev–Trinajstić information content (AvgIpc) is 2.80. The Balaban J connectivity index is 1.69. The number of carbonyl (C=O) groups excluding carboxylic acids is 1. The van der Waals surface area contributed by atoms with Gasteiger partial charge in [0.2, 0.25) is 5.91 Å². The van der Waals surface area contributed by atoms with Crippen LogP contribution < -0.4 is 5.32 Å². The lowest BCUT2D eigenvalue weighted by molar-refractivity contribution is -0.116. The summed E-state index contributed by atoms with van der Waals surface area (Å²) < 4.78 is 2.03. The molecule has 0 unspecified atom stereocenters. The molecule has 0 aliphatic heterocycles. The van der Waals surface area contributed by atoms with E-state index in [2.05, 4.69) is 10.3 Å². The van der Waals surface area contributed by atoms with E-state index in [-0.39, 0.29) is 5.91 Å². The highest BCUT2D eigenvalue weighted by molar-refractivity contribution is 6.30. The van der Waals surface area contributed by atoms with Crippen molar-refractivity contribution in [3.8, 4) is 0 Å². The largest absolute Gasteiger partial charge is 0.326 e. The normalized spacial score (nSPS) is 10.8. The smallest absolute Gasteiger partial charge is 0.224 e. The lowest BCUT2D eigenvalue weighted by Crippen LogP contribution is -2.13. The minimum atomic E-state index is -0.0347. The van der Waals surface area contributed by atoms with Gasteiger partial charge in [-0.15, -0.1) is 0 Å². The third-order valence-electron chi connectivity index (χ3n) is 3.53. The number of aryl methyl sites for hydroxylation is 2. The van der Waals surface area contributed by atoms with Crippen LogP contribution in [0.2, 0.25) is 5.02 Å². The number of hydrogen-bond acceptors (Lipinski definition) is 2. The van der Waals surface area contributed by atoms with Crippen LogP contribution in [0.25, 0.3) is 5.65 Å². The van der Waals surface area contributed by atoms with Crippen molar-refractivity contribution in [3.05, 3.63) is 65.1 Å². The van der Waals surface area contributed by atoms with Crippen molar-refractivity contribution in [2.45, 2.75) is 19.8 Å². The van der Waals surface area contributed by atoms with E-state index in [0.717, 1.165) is 17.0 Å². The van der Waals surface area contributed by atoms with Crippen molar-refractivity contribution in [2.24, 2.45) is 0 Å². The topological polar surface area (TPSA) is 46.4 Å². The summed E-state index contributed by atoms with van der Waals surface area (Å²) >= 11 is 5.91. The van der Waals surface area contributed by atoms with Crippen LogP contribution in [0.15, 0.2) is 48.7 Å². The van der Waals surface area contributed by atoms with Gasteiger partial charge >= 0.3 is 0 Å². The lowest BCUT2D eigenvalue weighted by atomic mass is 10.2. The summed E-state index contributed by atoms with van der Waals surface area (Å²) in [7, 11) is 0. The average molecular weight is 314 g/mol. The Labute approximate surface area is 133 Å². The van der Waals surface area contributed by atoms with Crippen LogP contribution >= 0.6 is 11.6 Å². The van der Waals surface area contributed by atoms with Crippen molar-refractivity contribution in [3.63, 3.8) is 0 Å². The molecule has 112 valence electrons. The van der Waals surface area contributed by atoms with Crippen molar-refractivity contribution in [2.75, 3.05) is 5.32 Å². The second kappa shape index (κ2) is 6.20. The number of halogens is 1. The van der Waals surface area contributed by atoms with Crippen LogP contribution in [0, 0.1) is 6.92 Å². The number of nitrogens with zero attached hydrogens (tertiary/aromatic N) is 2. The van der Waals surface area contributed by atoms with E-state index >= 15 is 0 Å². The molecule has 0 atom stereocenters. The van der Waals surface area contributed by atoms with Crippen molar-refractivity contribution in [1.29, 1.82) is 0 Å². The predicted molar refractivity (Wildman–Crippen MR) is 88.3 cm³/mol. The van der Waals surface area contributed by atoms with Gasteiger partial charge in [-0.1, -0.05) is 23.7 Å². The number of rotatable bonds is 4. The third kappa shape index (κ3) is 3.12. The molecule has 1 N–H and O–H groups in total. The molecule has 4 nitrogen and oxygen atoms in total. The number of carbonyl (C=O) groups is 1. The monoisotopic (exact) mass is 313 g/mol. The minimum absolute atomic E-state index is 0.0347. The number of benzene rings is 1. The zero-order chi connectivity index (χ0) is 15.5. The molecule has 3 rings (SSSR count). The molecule has 3 aromatic rings. The first-order chi connectivity index (χ1) is 10.6. The summed E-state index contributed by atoms with van der Waals surface area (Å²) in [5, 5.41) is 3.47. The van der Waals surface area contributed by atoms with Gasteiger partial charge in [0.25, 0.3) is 0 Å². The molecule has 0 radical (unpaired) electrons. The summed E-state index contributed by atoms with van der Waals surface area (Å²) in [6.07, 6.45) is 3.01. The number of aromatic nitrogens is 2. The molecule has 5 heteroatoms. The molecule has 2 heterocycles. The number of pyridine rings is 1. The minimum Gasteiger partial charge on any atom is -0.326 e. The van der Waals surface area contributed by atoms with Crippen LogP contribution in [-0.4, -0.2) is 15.3 Å². The fourth-order valence-corrected chi connectivity index (χ4v) is 2.68. The molecule has 0 aliphatic rings. The molecule has 2 aromatic heterocycles. The van der Waals surface area contributed by atoms with Gasteiger partial charge in [-0.25, -0.2) is 4.98 Å². The van der Waals surface area contributed by atoms with E-state index in [1.165, 1.54) is 0 Å². The number of anilines is 1. The van der Waals surface area contributed by atoms with E-state index in [1.807, 2.05) is 47.9 Å². The zero-order valence-electron chi connectivity index (χ0n) is 12.2. The van der Waals surface area contributed by atoms with Gasteiger partial charge in [-0.3, -0.25) is 4.79 Å². The summed E-state index contributed by atoms with van der Waals surface area (Å²) in [6, 6.07) is 13.0. The molecule has 0 bridgehead atoms. The van der Waals surface area contributed by atoms with Crippen LogP contribution in [0.5, 0.6) is 0 Å². The molecule has 0 saturated heterocycles. The summed E-state index contributed by atoms with van der Waals surface area (Å²) in [5.41, 5.74) is 3.65. The Bertz CT molecular complexity index is 826. The second-order valence-corrected chi connectivity index (χ2v) is 5.57. The molecule has 1 amide bonds. The summed E-state index contributed by atoms with van der Waals surface area (Å²) in [5.74, 6) is -0.0347. The molecule has 1 aromatic carbocycles.